The van der Waals surface area contributed by atoms with Crippen LogP contribution < -0.4 is 5.32 Å². The molecular formula is C18H27NO2. The molecule has 116 valence electrons. The van der Waals surface area contributed by atoms with Crippen LogP contribution in [0.3, 0.4) is 0 Å². The van der Waals surface area contributed by atoms with Crippen molar-refractivity contribution in [2.75, 3.05) is 0 Å². The van der Waals surface area contributed by atoms with Gasteiger partial charge in [-0.15, -0.1) is 0 Å². The van der Waals surface area contributed by atoms with E-state index in [1.165, 1.54) is 5.56 Å². The number of rotatable bonds is 6. The van der Waals surface area contributed by atoms with Crippen molar-refractivity contribution < 1.29 is 9.90 Å². The molecule has 1 amide bonds. The number of carbonyl (C=O) groups is 1. The predicted octanol–water partition coefficient (Wildman–Crippen LogP) is 3.02. The van der Waals surface area contributed by atoms with Crippen molar-refractivity contribution in [3.63, 3.8) is 0 Å². The molecule has 0 spiro atoms. The highest BCUT2D eigenvalue weighted by Gasteiger charge is 2.33. The Bertz CT molecular complexity index is 461. The van der Waals surface area contributed by atoms with Crippen molar-refractivity contribution in [1.82, 2.24) is 5.32 Å². The summed E-state index contributed by atoms with van der Waals surface area (Å²) in [5.41, 5.74) is 2.36. The fourth-order valence-electron chi connectivity index (χ4n) is 2.98. The molecule has 0 bridgehead atoms. The second-order valence-electron chi connectivity index (χ2n) is 6.54. The zero-order valence-corrected chi connectivity index (χ0v) is 13.3. The number of aliphatic hydroxyl groups excluding tert-OH is 1. The maximum absolute atomic E-state index is 12.2. The lowest BCUT2D eigenvalue weighted by Gasteiger charge is -2.37. The summed E-state index contributed by atoms with van der Waals surface area (Å²) in [5.74, 6) is 1.04. The Labute approximate surface area is 127 Å². The molecule has 1 aliphatic carbocycles. The van der Waals surface area contributed by atoms with Gasteiger partial charge in [-0.2, -0.15) is 0 Å². The van der Waals surface area contributed by atoms with E-state index in [2.05, 4.69) is 38.2 Å². The van der Waals surface area contributed by atoms with E-state index in [9.17, 15) is 9.90 Å². The summed E-state index contributed by atoms with van der Waals surface area (Å²) in [6.45, 7) is 6.42. The summed E-state index contributed by atoms with van der Waals surface area (Å²) in [6.07, 6.45) is 2.84. The lowest BCUT2D eigenvalue weighted by molar-refractivity contribution is -0.122. The van der Waals surface area contributed by atoms with Gasteiger partial charge in [-0.1, -0.05) is 45.0 Å². The first-order valence-corrected chi connectivity index (χ1v) is 8.05. The second-order valence-corrected chi connectivity index (χ2v) is 6.54. The highest BCUT2D eigenvalue weighted by Crippen LogP contribution is 2.31. The summed E-state index contributed by atoms with van der Waals surface area (Å²) >= 11 is 0. The Morgan fingerprint density at radius 2 is 1.90 bits per heavy atom. The van der Waals surface area contributed by atoms with Crippen LogP contribution in [0.5, 0.6) is 0 Å². The van der Waals surface area contributed by atoms with Crippen LogP contribution in [0.1, 0.15) is 57.1 Å². The Morgan fingerprint density at radius 1 is 1.29 bits per heavy atom. The van der Waals surface area contributed by atoms with Crippen LogP contribution in [0.25, 0.3) is 0 Å². The topological polar surface area (TPSA) is 49.3 Å². The van der Waals surface area contributed by atoms with Gasteiger partial charge in [0.2, 0.25) is 5.91 Å². The third-order valence-corrected chi connectivity index (χ3v) is 4.52. The molecule has 0 aliphatic heterocycles. The van der Waals surface area contributed by atoms with Crippen LogP contribution >= 0.6 is 0 Å². The van der Waals surface area contributed by atoms with E-state index < -0.39 is 0 Å². The summed E-state index contributed by atoms with van der Waals surface area (Å²) in [5, 5.41) is 12.5. The van der Waals surface area contributed by atoms with Gasteiger partial charge in [-0.25, -0.2) is 0 Å². The monoisotopic (exact) mass is 289 g/mol. The number of nitrogens with one attached hydrogen (secondary N) is 1. The second kappa shape index (κ2) is 7.08. The first-order valence-electron chi connectivity index (χ1n) is 8.05. The highest BCUT2D eigenvalue weighted by molar-refractivity contribution is 5.78. The van der Waals surface area contributed by atoms with Crippen molar-refractivity contribution in [1.29, 1.82) is 0 Å². The molecule has 1 aromatic carbocycles. The maximum Gasteiger partial charge on any atom is 0.224 e. The quantitative estimate of drug-likeness (QED) is 0.845. The molecule has 3 heteroatoms. The fraction of sp³-hybridized carbons (Fsp3) is 0.611. The first kappa shape index (κ1) is 16.0. The van der Waals surface area contributed by atoms with Gasteiger partial charge in [0.1, 0.15) is 0 Å². The maximum atomic E-state index is 12.2. The molecule has 0 unspecified atom stereocenters. The smallest absolute Gasteiger partial charge is 0.224 e. The molecule has 3 nitrogen and oxygen atoms in total. The molecule has 21 heavy (non-hydrogen) atoms. The Morgan fingerprint density at radius 3 is 2.38 bits per heavy atom. The van der Waals surface area contributed by atoms with E-state index in [4.69, 9.17) is 0 Å². The van der Waals surface area contributed by atoms with E-state index in [0.717, 1.165) is 24.8 Å². The summed E-state index contributed by atoms with van der Waals surface area (Å²) in [4.78, 5) is 12.2. The van der Waals surface area contributed by atoms with Crippen molar-refractivity contribution in [3.8, 4) is 0 Å². The average Bonchev–Trinajstić information content (AvgIpc) is 2.42. The minimum Gasteiger partial charge on any atom is -0.393 e. The molecule has 0 heterocycles. The van der Waals surface area contributed by atoms with Crippen molar-refractivity contribution in [2.45, 2.75) is 64.5 Å². The summed E-state index contributed by atoms with van der Waals surface area (Å²) < 4.78 is 0. The van der Waals surface area contributed by atoms with Gasteiger partial charge >= 0.3 is 0 Å². The number of aliphatic hydroxyl groups is 1. The van der Waals surface area contributed by atoms with Gasteiger partial charge in [0, 0.05) is 6.04 Å². The van der Waals surface area contributed by atoms with Crippen molar-refractivity contribution >= 4 is 5.91 Å². The third kappa shape index (κ3) is 4.31. The molecule has 1 atom stereocenters. The lowest BCUT2D eigenvalue weighted by atomic mass is 9.76. The van der Waals surface area contributed by atoms with Crippen LogP contribution in [-0.4, -0.2) is 23.2 Å². The molecule has 2 rings (SSSR count). The fourth-order valence-corrected chi connectivity index (χ4v) is 2.98. The van der Waals surface area contributed by atoms with Gasteiger partial charge in [0.15, 0.2) is 0 Å². The molecule has 1 saturated carbocycles. The van der Waals surface area contributed by atoms with Gasteiger partial charge in [0.25, 0.3) is 0 Å². The van der Waals surface area contributed by atoms with Crippen molar-refractivity contribution in [3.05, 3.63) is 35.4 Å². The third-order valence-electron chi connectivity index (χ3n) is 4.52. The number of carbonyl (C=O) groups excluding carboxylic acids is 1. The van der Waals surface area contributed by atoms with Gasteiger partial charge in [-0.05, 0) is 42.2 Å². The van der Waals surface area contributed by atoms with E-state index in [0.29, 0.717) is 18.3 Å². The average molecular weight is 289 g/mol. The van der Waals surface area contributed by atoms with Gasteiger partial charge in [0.05, 0.1) is 12.5 Å². The van der Waals surface area contributed by atoms with Crippen LogP contribution in [0.2, 0.25) is 0 Å². The minimum atomic E-state index is -0.162. The number of hydrogen-bond donors (Lipinski definition) is 2. The van der Waals surface area contributed by atoms with E-state index in [1.807, 2.05) is 12.1 Å². The van der Waals surface area contributed by atoms with Crippen LogP contribution in [0.4, 0.5) is 0 Å². The molecule has 0 aromatic heterocycles. The largest absolute Gasteiger partial charge is 0.393 e. The van der Waals surface area contributed by atoms with Crippen LogP contribution in [0.15, 0.2) is 24.3 Å². The number of hydrogen-bond acceptors (Lipinski definition) is 2. The van der Waals surface area contributed by atoms with Crippen molar-refractivity contribution in [2.24, 2.45) is 5.92 Å². The van der Waals surface area contributed by atoms with Crippen LogP contribution in [0, 0.1) is 5.92 Å². The normalized spacial score (nSPS) is 22.7. The highest BCUT2D eigenvalue weighted by atomic mass is 16.3. The SMILES string of the molecule is CC[C@H](NC(=O)Cc1ccc(C(C)C)cc1)C1CC(O)C1. The molecule has 2 N–H and O–H groups in total. The molecular weight excluding hydrogens is 262 g/mol. The Hall–Kier alpha value is -1.35. The number of benzene rings is 1. The lowest BCUT2D eigenvalue weighted by Crippen LogP contribution is -2.47. The molecule has 1 fully saturated rings. The van der Waals surface area contributed by atoms with Crippen LogP contribution in [-0.2, 0) is 11.2 Å². The Kier molecular flexibility index (Phi) is 5.40. The zero-order chi connectivity index (χ0) is 15.4. The predicted molar refractivity (Wildman–Crippen MR) is 85.2 cm³/mol. The molecule has 0 radical (unpaired) electrons. The van der Waals surface area contributed by atoms with Gasteiger partial charge in [-0.3, -0.25) is 4.79 Å². The van der Waals surface area contributed by atoms with Gasteiger partial charge < -0.3 is 10.4 Å². The minimum absolute atomic E-state index is 0.0838. The first-order chi connectivity index (χ1) is 9.99. The van der Waals surface area contributed by atoms with E-state index >= 15 is 0 Å². The summed E-state index contributed by atoms with van der Waals surface area (Å²) in [7, 11) is 0. The zero-order valence-electron chi connectivity index (χ0n) is 13.3. The standard InChI is InChI=1S/C18H27NO2/c1-4-17(15-10-16(20)11-15)19-18(21)9-13-5-7-14(8-6-13)12(2)3/h5-8,12,15-17,20H,4,9-11H2,1-3H3,(H,19,21)/t15?,16?,17-/m0/s1. The van der Waals surface area contributed by atoms with E-state index in [-0.39, 0.29) is 18.1 Å². The summed E-state index contributed by atoms with van der Waals surface area (Å²) in [6, 6.07) is 8.50. The van der Waals surface area contributed by atoms with E-state index in [1.54, 1.807) is 0 Å². The molecule has 1 aromatic rings. The molecule has 1 aliphatic rings. The Balaban J connectivity index is 1.85. The molecule has 0 saturated heterocycles. The number of amides is 1.